The van der Waals surface area contributed by atoms with Crippen molar-refractivity contribution < 1.29 is 138 Å². The quantitative estimate of drug-likeness (QED) is 0.0720. The highest BCUT2D eigenvalue weighted by Crippen LogP contribution is 2.39. The minimum Gasteiger partial charge on any atom is -0.394 e. The van der Waals surface area contributed by atoms with Gasteiger partial charge < -0.3 is 129 Å². The molecule has 29 heteroatoms. The molecule has 0 bridgehead atoms. The van der Waals surface area contributed by atoms with E-state index in [4.69, 9.17) is 42.6 Å². The summed E-state index contributed by atoms with van der Waals surface area (Å²) < 4.78 is 65.3. The minimum atomic E-state index is -5.26. The lowest BCUT2D eigenvalue weighted by Crippen LogP contribution is -2.68. The summed E-state index contributed by atoms with van der Waals surface area (Å²) in [6.07, 6.45) is -46.8. The highest BCUT2D eigenvalue weighted by atomic mass is 31.2. The van der Waals surface area contributed by atoms with Crippen molar-refractivity contribution in [1.82, 2.24) is 0 Å². The van der Waals surface area contributed by atoms with Gasteiger partial charge in [-0.1, -0.05) is 0 Å². The molecule has 340 valence electrons. The molecular weight excluding hydrogens is 827 g/mol. The van der Waals surface area contributed by atoms with Crippen LogP contribution in [0.25, 0.3) is 0 Å². The predicted molar refractivity (Wildman–Crippen MR) is 171 cm³/mol. The monoisotopic (exact) mass is 878 g/mol. The fourth-order valence-electron chi connectivity index (χ4n) is 6.87. The second-order valence-corrected chi connectivity index (χ2v) is 15.3. The maximum Gasteiger partial charge on any atom is 0.469 e. The topological polar surface area (TPSA) is 453 Å². The molecule has 5 saturated heterocycles. The lowest BCUT2D eigenvalue weighted by Gasteiger charge is -2.49. The summed E-state index contributed by atoms with van der Waals surface area (Å²) in [5.41, 5.74) is 0. The van der Waals surface area contributed by atoms with Crippen LogP contribution in [-0.4, -0.2) is 267 Å². The van der Waals surface area contributed by atoms with E-state index in [0.29, 0.717) is 0 Å². The summed E-state index contributed by atoms with van der Waals surface area (Å²) >= 11 is 0. The van der Waals surface area contributed by atoms with Crippen molar-refractivity contribution in [2.24, 2.45) is 0 Å². The number of aliphatic hydroxyl groups is 15. The van der Waals surface area contributed by atoms with E-state index < -0.39 is 188 Å². The summed E-state index contributed by atoms with van der Waals surface area (Å²) in [4.78, 5) is 18.6. The van der Waals surface area contributed by atoms with Gasteiger partial charge in [-0.25, -0.2) is 4.57 Å². The SMILES string of the molecule is O=P(O)(O)OC[C@H]1O[C@@H](O[C@H]2[C@H](O)[C@H](O)[C@@H](O)O[C@@H]2CO)[C@H](O)[C@@H](O[C@@H]2O[C@H](CO)[C@H](O)[C@H](O[C@@H]3O[C@H](CO)[C@H](O)[C@H](O)[C@H]3O[C@H]3OC[C@@H](O)[C@@H](O)[C@@H]3O)[C@H]2O)[C@H]1O. The molecule has 0 aromatic heterocycles. The normalized spacial score (nSPS) is 50.8. The fraction of sp³-hybridized carbons (Fsp3) is 1.00. The summed E-state index contributed by atoms with van der Waals surface area (Å²) in [6.45, 7) is -4.64. The predicted octanol–water partition coefficient (Wildman–Crippen LogP) is -11.2. The number of hydrogen-bond donors (Lipinski definition) is 17. The summed E-state index contributed by atoms with van der Waals surface area (Å²) in [7, 11) is -5.26. The molecule has 0 saturated carbocycles. The molecule has 0 aliphatic carbocycles. The van der Waals surface area contributed by atoms with E-state index >= 15 is 0 Å². The number of ether oxygens (including phenoxy) is 9. The van der Waals surface area contributed by atoms with Crippen LogP contribution in [0.3, 0.4) is 0 Å². The first-order chi connectivity index (χ1) is 27.2. The molecule has 5 fully saturated rings. The van der Waals surface area contributed by atoms with Crippen LogP contribution in [0.2, 0.25) is 0 Å². The van der Waals surface area contributed by atoms with Gasteiger partial charge in [0.05, 0.1) is 33.0 Å². The third-order valence-electron chi connectivity index (χ3n) is 10.2. The van der Waals surface area contributed by atoms with Gasteiger partial charge in [-0.15, -0.1) is 0 Å². The third kappa shape index (κ3) is 10.5. The molecule has 0 aromatic rings. The second kappa shape index (κ2) is 20.1. The average molecular weight is 879 g/mol. The molecule has 0 spiro atoms. The lowest BCUT2D eigenvalue weighted by atomic mass is 9.95. The van der Waals surface area contributed by atoms with Crippen LogP contribution in [0.1, 0.15) is 0 Å². The van der Waals surface area contributed by atoms with Gasteiger partial charge in [0, 0.05) is 0 Å². The molecule has 5 aliphatic rings. The Hall–Kier alpha value is -0.850. The Morgan fingerprint density at radius 3 is 1.48 bits per heavy atom. The second-order valence-electron chi connectivity index (χ2n) is 14.1. The van der Waals surface area contributed by atoms with Gasteiger partial charge in [0.1, 0.15) is 116 Å². The highest BCUT2D eigenvalue weighted by molar-refractivity contribution is 7.46. The molecule has 58 heavy (non-hydrogen) atoms. The zero-order valence-electron chi connectivity index (χ0n) is 29.9. The standard InChI is InChI=1S/C29H51O28P/c30-1-7-12(35)15(38)24(57-26-18(41)11(34)6(33)4-48-26)29(52-7)56-22-13(36)8(2-31)51-27(19(22)42)55-23-14(37)10(5-49-58(45,46)47)53-28(20(23)43)54-21-9(3-32)50-25(44)17(40)16(21)39/h6-44H,1-5H2,(H2,45,46,47)/t6-,7-,8-,9-,10-,11-,12+,13+,14+,15+,16-,17+,18+,19-,20-,21-,22+,23+,24-,25+,26-,27+,28+,29+/m1/s1. The number of aliphatic hydroxyl groups excluding tert-OH is 15. The van der Waals surface area contributed by atoms with Gasteiger partial charge >= 0.3 is 7.82 Å². The zero-order chi connectivity index (χ0) is 43.0. The van der Waals surface area contributed by atoms with Gasteiger partial charge in [-0.3, -0.25) is 4.52 Å². The molecule has 0 amide bonds. The molecule has 5 rings (SSSR count). The number of phosphoric ester groups is 1. The van der Waals surface area contributed by atoms with Crippen LogP contribution < -0.4 is 0 Å². The van der Waals surface area contributed by atoms with E-state index in [0.717, 1.165) is 0 Å². The largest absolute Gasteiger partial charge is 0.469 e. The number of phosphoric acid groups is 1. The maximum absolute atomic E-state index is 11.5. The van der Waals surface area contributed by atoms with E-state index in [-0.39, 0.29) is 0 Å². The van der Waals surface area contributed by atoms with E-state index in [9.17, 15) is 90.9 Å². The van der Waals surface area contributed by atoms with Crippen LogP contribution in [-0.2, 0) is 51.7 Å². The first-order valence-electron chi connectivity index (χ1n) is 17.8. The van der Waals surface area contributed by atoms with E-state index in [1.54, 1.807) is 0 Å². The molecule has 24 atom stereocenters. The van der Waals surface area contributed by atoms with Crippen molar-refractivity contribution in [1.29, 1.82) is 0 Å². The van der Waals surface area contributed by atoms with Crippen molar-refractivity contribution in [2.75, 3.05) is 33.0 Å². The van der Waals surface area contributed by atoms with Gasteiger partial charge in [0.25, 0.3) is 0 Å². The van der Waals surface area contributed by atoms with Crippen molar-refractivity contribution in [3.63, 3.8) is 0 Å². The van der Waals surface area contributed by atoms with E-state index in [1.165, 1.54) is 0 Å². The van der Waals surface area contributed by atoms with Crippen molar-refractivity contribution >= 4 is 7.82 Å². The van der Waals surface area contributed by atoms with Crippen LogP contribution in [0.15, 0.2) is 0 Å². The van der Waals surface area contributed by atoms with Crippen LogP contribution in [0.4, 0.5) is 0 Å². The number of rotatable bonds is 14. The number of hydrogen-bond acceptors (Lipinski definition) is 26. The fourth-order valence-corrected chi connectivity index (χ4v) is 7.22. The summed E-state index contributed by atoms with van der Waals surface area (Å²) in [5.74, 6) is 0. The molecule has 0 radical (unpaired) electrons. The van der Waals surface area contributed by atoms with Gasteiger partial charge in [0.2, 0.25) is 0 Å². The first-order valence-corrected chi connectivity index (χ1v) is 19.3. The Morgan fingerprint density at radius 2 is 0.914 bits per heavy atom. The van der Waals surface area contributed by atoms with Crippen LogP contribution >= 0.6 is 7.82 Å². The average Bonchev–Trinajstić information content (AvgIpc) is 3.18. The smallest absolute Gasteiger partial charge is 0.394 e. The molecule has 5 heterocycles. The van der Waals surface area contributed by atoms with Gasteiger partial charge in [-0.05, 0) is 0 Å². The van der Waals surface area contributed by atoms with Gasteiger partial charge in [0.15, 0.2) is 31.5 Å². The van der Waals surface area contributed by atoms with Crippen LogP contribution in [0.5, 0.6) is 0 Å². The maximum atomic E-state index is 11.5. The summed E-state index contributed by atoms with van der Waals surface area (Å²) in [5, 5.41) is 157. The molecule has 5 aliphatic heterocycles. The first kappa shape index (κ1) is 48.2. The Morgan fingerprint density at radius 1 is 0.448 bits per heavy atom. The lowest BCUT2D eigenvalue weighted by molar-refractivity contribution is -0.397. The molecule has 0 unspecified atom stereocenters. The van der Waals surface area contributed by atoms with Crippen molar-refractivity contribution in [3.8, 4) is 0 Å². The highest BCUT2D eigenvalue weighted by Gasteiger charge is 2.56. The van der Waals surface area contributed by atoms with Gasteiger partial charge in [-0.2, -0.15) is 0 Å². The molecular formula is C29H51O28P. The van der Waals surface area contributed by atoms with E-state index in [1.807, 2.05) is 0 Å². The van der Waals surface area contributed by atoms with Crippen molar-refractivity contribution in [2.45, 2.75) is 147 Å². The van der Waals surface area contributed by atoms with Crippen LogP contribution in [0, 0.1) is 0 Å². The Balaban J connectivity index is 1.40. The molecule has 28 nitrogen and oxygen atoms in total. The zero-order valence-corrected chi connectivity index (χ0v) is 30.8. The Bertz CT molecular complexity index is 1330. The third-order valence-corrected chi connectivity index (χ3v) is 10.6. The molecule has 0 aromatic carbocycles. The molecule has 17 N–H and O–H groups in total. The Labute approximate surface area is 326 Å². The minimum absolute atomic E-state index is 0.571. The Kier molecular flexibility index (Phi) is 16.7. The van der Waals surface area contributed by atoms with E-state index in [2.05, 4.69) is 4.52 Å². The van der Waals surface area contributed by atoms with Crippen molar-refractivity contribution in [3.05, 3.63) is 0 Å². The summed E-state index contributed by atoms with van der Waals surface area (Å²) in [6, 6.07) is 0.